The van der Waals surface area contributed by atoms with Crippen molar-refractivity contribution in [3.05, 3.63) is 29.8 Å². The van der Waals surface area contributed by atoms with Crippen LogP contribution >= 0.6 is 12.4 Å². The summed E-state index contributed by atoms with van der Waals surface area (Å²) in [7, 11) is 3.58. The van der Waals surface area contributed by atoms with Gasteiger partial charge in [-0.15, -0.1) is 12.4 Å². The van der Waals surface area contributed by atoms with Crippen LogP contribution in [0.25, 0.3) is 0 Å². The number of methoxy groups -OCH3 is 1. The molecule has 122 valence electrons. The summed E-state index contributed by atoms with van der Waals surface area (Å²) in [6, 6.07) is 7.93. The maximum Gasteiger partial charge on any atom is 0.226 e. The number of nitrogens with zero attached hydrogens (tertiary/aromatic N) is 1. The topological polar surface area (TPSA) is 41.6 Å². The van der Waals surface area contributed by atoms with Crippen molar-refractivity contribution in [3.8, 4) is 5.75 Å². The summed E-state index contributed by atoms with van der Waals surface area (Å²) in [4.78, 5) is 14.5. The maximum absolute atomic E-state index is 12.6. The first-order valence-electron chi connectivity index (χ1n) is 7.73. The predicted octanol–water partition coefficient (Wildman–Crippen LogP) is 2.47. The number of rotatable bonds is 4. The zero-order valence-electron chi connectivity index (χ0n) is 13.3. The fourth-order valence-electron chi connectivity index (χ4n) is 3.52. The Morgan fingerprint density at radius 1 is 1.32 bits per heavy atom. The van der Waals surface area contributed by atoms with E-state index in [9.17, 15) is 4.79 Å². The number of hydrogen-bond donors (Lipinski definition) is 1. The van der Waals surface area contributed by atoms with Crippen LogP contribution in [0.3, 0.4) is 0 Å². The van der Waals surface area contributed by atoms with Crippen molar-refractivity contribution in [2.24, 2.45) is 11.3 Å². The summed E-state index contributed by atoms with van der Waals surface area (Å²) in [6.07, 6.45) is 3.39. The third-order valence-corrected chi connectivity index (χ3v) is 5.04. The van der Waals surface area contributed by atoms with Gasteiger partial charge in [-0.1, -0.05) is 12.1 Å². The summed E-state index contributed by atoms with van der Waals surface area (Å²) in [5.41, 5.74) is 1.46. The van der Waals surface area contributed by atoms with E-state index in [-0.39, 0.29) is 18.3 Å². The van der Waals surface area contributed by atoms with Gasteiger partial charge < -0.3 is 15.0 Å². The molecule has 2 fully saturated rings. The zero-order chi connectivity index (χ0) is 14.9. The highest BCUT2D eigenvalue weighted by atomic mass is 35.5. The van der Waals surface area contributed by atoms with Gasteiger partial charge in [0.1, 0.15) is 5.75 Å². The molecule has 0 bridgehead atoms. The number of nitrogens with one attached hydrogen (secondary N) is 1. The van der Waals surface area contributed by atoms with Crippen molar-refractivity contribution in [3.63, 3.8) is 0 Å². The van der Waals surface area contributed by atoms with E-state index in [1.807, 2.05) is 36.2 Å². The predicted molar refractivity (Wildman–Crippen MR) is 89.4 cm³/mol. The molecule has 0 aromatic heterocycles. The lowest BCUT2D eigenvalue weighted by molar-refractivity contribution is -0.132. The summed E-state index contributed by atoms with van der Waals surface area (Å²) >= 11 is 0. The minimum Gasteiger partial charge on any atom is -0.497 e. The van der Waals surface area contributed by atoms with Crippen LogP contribution in [0.4, 0.5) is 0 Å². The average Bonchev–Trinajstić information content (AvgIpc) is 3.21. The standard InChI is InChI=1S/C17H24N2O2.ClH/c1-19(12-13-3-5-14(21-2)6-4-13)16(20)15-11-17(15)7-9-18-10-8-17;/h3-6,15,18H,7-12H2,1-2H3;1H. The molecule has 1 spiro atoms. The van der Waals surface area contributed by atoms with Crippen LogP contribution in [0.2, 0.25) is 0 Å². The second-order valence-corrected chi connectivity index (χ2v) is 6.41. The second-order valence-electron chi connectivity index (χ2n) is 6.41. The van der Waals surface area contributed by atoms with E-state index in [4.69, 9.17) is 4.74 Å². The number of piperidine rings is 1. The molecule has 3 rings (SSSR count). The maximum atomic E-state index is 12.6. The molecular weight excluding hydrogens is 300 g/mol. The normalized spacial score (nSPS) is 21.8. The van der Waals surface area contributed by atoms with E-state index < -0.39 is 0 Å². The average molecular weight is 325 g/mol. The van der Waals surface area contributed by atoms with Crippen molar-refractivity contribution < 1.29 is 9.53 Å². The van der Waals surface area contributed by atoms with Crippen molar-refractivity contribution in [2.45, 2.75) is 25.8 Å². The van der Waals surface area contributed by atoms with E-state index in [0.29, 0.717) is 17.9 Å². The van der Waals surface area contributed by atoms with Crippen LogP contribution in [0.15, 0.2) is 24.3 Å². The van der Waals surface area contributed by atoms with Crippen LogP contribution in [0.1, 0.15) is 24.8 Å². The lowest BCUT2D eigenvalue weighted by atomic mass is 9.91. The van der Waals surface area contributed by atoms with Crippen LogP contribution in [0.5, 0.6) is 5.75 Å². The molecule has 1 saturated heterocycles. The number of amides is 1. The molecule has 1 aliphatic heterocycles. The third kappa shape index (κ3) is 3.39. The van der Waals surface area contributed by atoms with Crippen molar-refractivity contribution in [1.82, 2.24) is 10.2 Å². The van der Waals surface area contributed by atoms with Gasteiger partial charge in [0.05, 0.1) is 7.11 Å². The molecule has 1 atom stereocenters. The fraction of sp³-hybridized carbons (Fsp3) is 0.588. The molecule has 1 amide bonds. The Morgan fingerprint density at radius 2 is 1.95 bits per heavy atom. The number of carbonyl (C=O) groups is 1. The highest BCUT2D eigenvalue weighted by Gasteiger charge is 2.58. The minimum absolute atomic E-state index is 0. The lowest BCUT2D eigenvalue weighted by Gasteiger charge is -2.25. The molecule has 1 heterocycles. The second kappa shape index (κ2) is 6.88. The van der Waals surface area contributed by atoms with Crippen LogP contribution in [-0.2, 0) is 11.3 Å². The van der Waals surface area contributed by atoms with Gasteiger partial charge in [-0.2, -0.15) is 0 Å². The summed E-state index contributed by atoms with van der Waals surface area (Å²) in [5, 5.41) is 3.38. The molecular formula is C17H25ClN2O2. The Bertz CT molecular complexity index is 512. The number of carbonyl (C=O) groups excluding carboxylic acids is 1. The quantitative estimate of drug-likeness (QED) is 0.925. The van der Waals surface area contributed by atoms with E-state index in [1.54, 1.807) is 7.11 Å². The Labute approximate surface area is 138 Å². The minimum atomic E-state index is 0. The highest BCUT2D eigenvalue weighted by molar-refractivity contribution is 5.85. The SMILES string of the molecule is COc1ccc(CN(C)C(=O)C2CC23CCNCC3)cc1.Cl. The van der Waals surface area contributed by atoms with E-state index in [0.717, 1.165) is 43.7 Å². The first-order valence-corrected chi connectivity index (χ1v) is 7.73. The molecule has 1 unspecified atom stereocenters. The van der Waals surface area contributed by atoms with Crippen molar-refractivity contribution >= 4 is 18.3 Å². The Kier molecular flexibility index (Phi) is 5.35. The van der Waals surface area contributed by atoms with E-state index >= 15 is 0 Å². The number of hydrogen-bond acceptors (Lipinski definition) is 3. The van der Waals surface area contributed by atoms with Gasteiger partial charge in [0.2, 0.25) is 5.91 Å². The third-order valence-electron chi connectivity index (χ3n) is 5.04. The molecule has 4 nitrogen and oxygen atoms in total. The van der Waals surface area contributed by atoms with Gasteiger partial charge in [0.25, 0.3) is 0 Å². The summed E-state index contributed by atoms with van der Waals surface area (Å²) in [6.45, 7) is 2.80. The fourth-order valence-corrected chi connectivity index (χ4v) is 3.52. The molecule has 1 aliphatic carbocycles. The smallest absolute Gasteiger partial charge is 0.226 e. The molecule has 0 radical (unpaired) electrons. The monoisotopic (exact) mass is 324 g/mol. The van der Waals surface area contributed by atoms with Crippen LogP contribution in [-0.4, -0.2) is 38.1 Å². The molecule has 1 N–H and O–H groups in total. The Hall–Kier alpha value is -1.26. The lowest BCUT2D eigenvalue weighted by Crippen LogP contribution is -2.34. The van der Waals surface area contributed by atoms with Gasteiger partial charge in [-0.25, -0.2) is 0 Å². The highest BCUT2D eigenvalue weighted by Crippen LogP contribution is 2.59. The van der Waals surface area contributed by atoms with E-state index in [1.165, 1.54) is 0 Å². The summed E-state index contributed by atoms with van der Waals surface area (Å²) in [5.74, 6) is 1.42. The zero-order valence-corrected chi connectivity index (χ0v) is 14.1. The summed E-state index contributed by atoms with van der Waals surface area (Å²) < 4.78 is 5.16. The number of ether oxygens (including phenoxy) is 1. The van der Waals surface area contributed by atoms with Gasteiger partial charge in [0.15, 0.2) is 0 Å². The molecule has 2 aliphatic rings. The Morgan fingerprint density at radius 3 is 2.55 bits per heavy atom. The van der Waals surface area contributed by atoms with Gasteiger partial charge >= 0.3 is 0 Å². The van der Waals surface area contributed by atoms with E-state index in [2.05, 4.69) is 5.32 Å². The molecule has 1 aromatic carbocycles. The molecule has 1 saturated carbocycles. The number of benzene rings is 1. The van der Waals surface area contributed by atoms with Crippen molar-refractivity contribution in [1.29, 1.82) is 0 Å². The van der Waals surface area contributed by atoms with Gasteiger partial charge in [0, 0.05) is 19.5 Å². The van der Waals surface area contributed by atoms with Crippen LogP contribution < -0.4 is 10.1 Å². The first kappa shape index (κ1) is 17.1. The Balaban J connectivity index is 0.00000176. The van der Waals surface area contributed by atoms with Crippen molar-refractivity contribution in [2.75, 3.05) is 27.2 Å². The van der Waals surface area contributed by atoms with Gasteiger partial charge in [-0.05, 0) is 55.5 Å². The number of halogens is 1. The largest absolute Gasteiger partial charge is 0.497 e. The molecule has 1 aromatic rings. The van der Waals surface area contributed by atoms with Gasteiger partial charge in [-0.3, -0.25) is 4.79 Å². The molecule has 22 heavy (non-hydrogen) atoms. The molecule has 5 heteroatoms. The van der Waals surface area contributed by atoms with Crippen LogP contribution in [0, 0.1) is 11.3 Å². The first-order chi connectivity index (χ1) is 10.1.